The first-order chi connectivity index (χ1) is 14.7. The van der Waals surface area contributed by atoms with Crippen molar-refractivity contribution in [1.29, 1.82) is 0 Å². The molecule has 4 rings (SSSR count). The third-order valence-electron chi connectivity index (χ3n) is 5.58. The Hall–Kier alpha value is -2.29. The highest BCUT2D eigenvalue weighted by Crippen LogP contribution is 2.25. The minimum Gasteiger partial charge on any atom is -0.340 e. The van der Waals surface area contributed by atoms with Crippen LogP contribution in [0.2, 0.25) is 10.0 Å². The van der Waals surface area contributed by atoms with Crippen molar-refractivity contribution >= 4 is 40.3 Å². The molecular weight excluding hydrogens is 439 g/mol. The van der Waals surface area contributed by atoms with E-state index in [4.69, 9.17) is 28.2 Å². The number of fused-ring (bicyclic) bond motifs is 1. The summed E-state index contributed by atoms with van der Waals surface area (Å²) in [7, 11) is 1.63. The van der Waals surface area contributed by atoms with Gasteiger partial charge in [-0.15, -0.1) is 0 Å². The minimum atomic E-state index is -0.454. The van der Waals surface area contributed by atoms with E-state index in [0.717, 1.165) is 44.2 Å². The van der Waals surface area contributed by atoms with Crippen molar-refractivity contribution in [2.75, 3.05) is 31.1 Å². The number of benzene rings is 1. The number of imidazole rings is 1. The number of piperazine rings is 1. The van der Waals surface area contributed by atoms with Crippen molar-refractivity contribution in [3.8, 4) is 0 Å². The van der Waals surface area contributed by atoms with E-state index < -0.39 is 11.2 Å². The van der Waals surface area contributed by atoms with Crippen LogP contribution in [0.5, 0.6) is 0 Å². The van der Waals surface area contributed by atoms with Crippen LogP contribution in [0.1, 0.15) is 19.4 Å². The topological polar surface area (TPSA) is 79.2 Å². The maximum atomic E-state index is 12.6. The molecule has 0 unspecified atom stereocenters. The number of H-pyrrole nitrogens is 1. The van der Waals surface area contributed by atoms with Gasteiger partial charge in [0.25, 0.3) is 5.56 Å². The van der Waals surface area contributed by atoms with Gasteiger partial charge in [0.2, 0.25) is 5.95 Å². The lowest BCUT2D eigenvalue weighted by molar-refractivity contribution is 0.248. The Morgan fingerprint density at radius 1 is 1.10 bits per heavy atom. The summed E-state index contributed by atoms with van der Waals surface area (Å²) in [4.78, 5) is 36.3. The van der Waals surface area contributed by atoms with E-state index in [-0.39, 0.29) is 0 Å². The first-order valence-corrected chi connectivity index (χ1v) is 11.1. The monoisotopic (exact) mass is 464 g/mol. The maximum Gasteiger partial charge on any atom is 0.329 e. The van der Waals surface area contributed by atoms with Gasteiger partial charge in [0.15, 0.2) is 11.2 Å². The van der Waals surface area contributed by atoms with Crippen molar-refractivity contribution in [2.24, 2.45) is 13.0 Å². The third-order valence-corrected chi connectivity index (χ3v) is 6.32. The van der Waals surface area contributed by atoms with Gasteiger partial charge in [-0.05, 0) is 23.6 Å². The zero-order valence-electron chi connectivity index (χ0n) is 17.9. The zero-order chi connectivity index (χ0) is 22.3. The molecule has 2 aromatic heterocycles. The standard InChI is InChI=1S/C21H26Cl2N6O2/c1-13(2)11-29-17-18(26(3)21(31)25-19(17)30)24-20(29)28-8-6-27(7-9-28)12-14-4-5-15(22)16(23)10-14/h4-5,10,13H,6-9,11-12H2,1-3H3,(H,25,30,31). The quantitative estimate of drug-likeness (QED) is 0.627. The van der Waals surface area contributed by atoms with Gasteiger partial charge in [0, 0.05) is 46.3 Å². The van der Waals surface area contributed by atoms with Crippen LogP contribution in [0.25, 0.3) is 11.2 Å². The molecule has 3 heterocycles. The smallest absolute Gasteiger partial charge is 0.329 e. The summed E-state index contributed by atoms with van der Waals surface area (Å²) in [5.74, 6) is 1.06. The first-order valence-electron chi connectivity index (χ1n) is 10.4. The molecule has 0 atom stereocenters. The molecule has 3 aromatic rings. The summed E-state index contributed by atoms with van der Waals surface area (Å²) in [6, 6.07) is 5.73. The molecule has 1 saturated heterocycles. The third kappa shape index (κ3) is 4.37. The summed E-state index contributed by atoms with van der Waals surface area (Å²) in [6.45, 7) is 8.88. The van der Waals surface area contributed by atoms with Gasteiger partial charge in [-0.1, -0.05) is 43.1 Å². The number of nitrogens with one attached hydrogen (secondary N) is 1. The number of hydrogen-bond donors (Lipinski definition) is 1. The number of aromatic nitrogens is 4. The van der Waals surface area contributed by atoms with E-state index in [1.54, 1.807) is 7.05 Å². The molecule has 31 heavy (non-hydrogen) atoms. The van der Waals surface area contributed by atoms with Gasteiger partial charge in [-0.25, -0.2) is 4.79 Å². The number of halogens is 2. The van der Waals surface area contributed by atoms with Crippen molar-refractivity contribution in [3.63, 3.8) is 0 Å². The van der Waals surface area contributed by atoms with Gasteiger partial charge in [-0.2, -0.15) is 4.98 Å². The second kappa shape index (κ2) is 8.68. The predicted octanol–water partition coefficient (Wildman–Crippen LogP) is 2.71. The maximum absolute atomic E-state index is 12.6. The van der Waals surface area contributed by atoms with Crippen molar-refractivity contribution in [2.45, 2.75) is 26.9 Å². The first kappa shape index (κ1) is 21.9. The normalized spacial score (nSPS) is 15.4. The fraction of sp³-hybridized carbons (Fsp3) is 0.476. The molecule has 8 nitrogen and oxygen atoms in total. The van der Waals surface area contributed by atoms with Crippen LogP contribution in [-0.4, -0.2) is 50.2 Å². The van der Waals surface area contributed by atoms with Crippen LogP contribution < -0.4 is 16.1 Å². The van der Waals surface area contributed by atoms with Crippen LogP contribution in [0.4, 0.5) is 5.95 Å². The summed E-state index contributed by atoms with van der Waals surface area (Å²) in [6.07, 6.45) is 0. The lowest BCUT2D eigenvalue weighted by Gasteiger charge is -2.35. The summed E-state index contributed by atoms with van der Waals surface area (Å²) >= 11 is 12.2. The molecule has 1 fully saturated rings. The number of nitrogens with zero attached hydrogens (tertiary/aromatic N) is 5. The highest BCUT2D eigenvalue weighted by atomic mass is 35.5. The van der Waals surface area contributed by atoms with Crippen LogP contribution >= 0.6 is 23.2 Å². The largest absolute Gasteiger partial charge is 0.340 e. The van der Waals surface area contributed by atoms with E-state index in [1.165, 1.54) is 4.57 Å². The van der Waals surface area contributed by atoms with Crippen LogP contribution in [-0.2, 0) is 20.1 Å². The molecule has 0 amide bonds. The van der Waals surface area contributed by atoms with E-state index in [0.29, 0.717) is 33.7 Å². The van der Waals surface area contributed by atoms with E-state index in [2.05, 4.69) is 28.6 Å². The second-order valence-corrected chi connectivity index (χ2v) is 9.23. The number of aryl methyl sites for hydroxylation is 1. The Labute approximate surface area is 190 Å². The SMILES string of the molecule is CC(C)Cn1c(N2CCN(Cc3ccc(Cl)c(Cl)c3)CC2)nc2c1c(=O)[nH]c(=O)n2C. The van der Waals surface area contributed by atoms with Gasteiger partial charge in [0.1, 0.15) is 0 Å². The molecule has 1 N–H and O–H groups in total. The highest BCUT2D eigenvalue weighted by molar-refractivity contribution is 6.42. The summed E-state index contributed by atoms with van der Waals surface area (Å²) in [5.41, 5.74) is 1.14. The number of anilines is 1. The minimum absolute atomic E-state index is 0.323. The fourth-order valence-corrected chi connectivity index (χ4v) is 4.33. The number of rotatable bonds is 5. The van der Waals surface area contributed by atoms with Crippen molar-refractivity contribution in [3.05, 3.63) is 54.6 Å². The Bertz CT molecular complexity index is 1220. The van der Waals surface area contributed by atoms with Crippen LogP contribution in [0, 0.1) is 5.92 Å². The van der Waals surface area contributed by atoms with Gasteiger partial charge >= 0.3 is 5.69 Å². The van der Waals surface area contributed by atoms with E-state index >= 15 is 0 Å². The molecule has 1 aliphatic heterocycles. The molecule has 10 heteroatoms. The molecule has 0 spiro atoms. The lowest BCUT2D eigenvalue weighted by Crippen LogP contribution is -2.47. The van der Waals surface area contributed by atoms with Gasteiger partial charge in [-0.3, -0.25) is 19.2 Å². The molecule has 0 bridgehead atoms. The number of aromatic amines is 1. The molecule has 0 aliphatic carbocycles. The fourth-order valence-electron chi connectivity index (χ4n) is 4.00. The average Bonchev–Trinajstić information content (AvgIpc) is 3.09. The average molecular weight is 465 g/mol. The lowest BCUT2D eigenvalue weighted by atomic mass is 10.2. The molecule has 1 aliphatic rings. The Morgan fingerprint density at radius 2 is 1.81 bits per heavy atom. The molecule has 0 radical (unpaired) electrons. The van der Waals surface area contributed by atoms with E-state index in [9.17, 15) is 9.59 Å². The van der Waals surface area contributed by atoms with Crippen LogP contribution in [0.15, 0.2) is 27.8 Å². The Morgan fingerprint density at radius 3 is 2.45 bits per heavy atom. The molecule has 0 saturated carbocycles. The van der Waals surface area contributed by atoms with Gasteiger partial charge in [0.05, 0.1) is 10.0 Å². The van der Waals surface area contributed by atoms with E-state index in [1.807, 2.05) is 22.8 Å². The van der Waals surface area contributed by atoms with Gasteiger partial charge < -0.3 is 9.47 Å². The number of hydrogen-bond acceptors (Lipinski definition) is 5. The molecular formula is C21H26Cl2N6O2. The molecule has 1 aromatic carbocycles. The second-order valence-electron chi connectivity index (χ2n) is 8.42. The Balaban J connectivity index is 1.59. The van der Waals surface area contributed by atoms with Crippen molar-refractivity contribution in [1.82, 2.24) is 24.0 Å². The predicted molar refractivity (Wildman–Crippen MR) is 124 cm³/mol. The highest BCUT2D eigenvalue weighted by Gasteiger charge is 2.25. The van der Waals surface area contributed by atoms with Crippen LogP contribution in [0.3, 0.4) is 0 Å². The Kier molecular flexibility index (Phi) is 6.14. The summed E-state index contributed by atoms with van der Waals surface area (Å²) in [5, 5.41) is 1.12. The molecule has 166 valence electrons. The van der Waals surface area contributed by atoms with Crippen molar-refractivity contribution < 1.29 is 0 Å². The summed E-state index contributed by atoms with van der Waals surface area (Å²) < 4.78 is 3.35. The zero-order valence-corrected chi connectivity index (χ0v) is 19.4.